The van der Waals surface area contributed by atoms with Crippen molar-refractivity contribution in [2.45, 2.75) is 19.6 Å². The first-order valence-electron chi connectivity index (χ1n) is 4.39. The van der Waals surface area contributed by atoms with E-state index < -0.39 is 6.10 Å². The van der Waals surface area contributed by atoms with Crippen LogP contribution in [0.5, 0.6) is 5.75 Å². The summed E-state index contributed by atoms with van der Waals surface area (Å²) in [4.78, 5) is 0. The lowest BCUT2D eigenvalue weighted by Crippen LogP contribution is -2.12. The summed E-state index contributed by atoms with van der Waals surface area (Å²) in [6, 6.07) is 3.54. The van der Waals surface area contributed by atoms with E-state index in [1.54, 1.807) is 19.1 Å². The first-order valence-corrected chi connectivity index (χ1v) is 4.77. The van der Waals surface area contributed by atoms with Crippen LogP contribution in [0.15, 0.2) is 12.1 Å². The van der Waals surface area contributed by atoms with Gasteiger partial charge in [-0.1, -0.05) is 11.6 Å². The molecule has 1 heterocycles. The summed E-state index contributed by atoms with van der Waals surface area (Å²) < 4.78 is 10.4. The van der Waals surface area contributed by atoms with Crippen LogP contribution in [0.25, 0.3) is 0 Å². The van der Waals surface area contributed by atoms with Gasteiger partial charge in [0.05, 0.1) is 12.7 Å². The summed E-state index contributed by atoms with van der Waals surface area (Å²) >= 11 is 5.99. The molecule has 1 unspecified atom stereocenters. The van der Waals surface area contributed by atoms with Gasteiger partial charge in [0.25, 0.3) is 0 Å². The molecule has 0 aromatic heterocycles. The fourth-order valence-corrected chi connectivity index (χ4v) is 1.78. The Morgan fingerprint density at radius 3 is 3.00 bits per heavy atom. The Hall–Kier alpha value is -0.770. The predicted molar refractivity (Wildman–Crippen MR) is 52.4 cm³/mol. The third-order valence-electron chi connectivity index (χ3n) is 2.19. The van der Waals surface area contributed by atoms with Crippen molar-refractivity contribution in [3.63, 3.8) is 0 Å². The van der Waals surface area contributed by atoms with Crippen LogP contribution in [-0.2, 0) is 11.3 Å². The highest BCUT2D eigenvalue weighted by Crippen LogP contribution is 2.32. The van der Waals surface area contributed by atoms with Gasteiger partial charge in [-0.25, -0.2) is 0 Å². The molecule has 0 radical (unpaired) electrons. The molecular formula is C10H11ClO3. The molecule has 1 aromatic carbocycles. The van der Waals surface area contributed by atoms with Crippen LogP contribution in [0, 0.1) is 0 Å². The SMILES string of the molecule is CC(O)c1cc2c(cc1Cl)COCO2. The second-order valence-corrected chi connectivity index (χ2v) is 3.68. The van der Waals surface area contributed by atoms with Crippen molar-refractivity contribution in [2.75, 3.05) is 6.79 Å². The monoisotopic (exact) mass is 214 g/mol. The van der Waals surface area contributed by atoms with Crippen molar-refractivity contribution in [1.29, 1.82) is 0 Å². The first-order chi connectivity index (χ1) is 6.68. The molecule has 2 rings (SSSR count). The number of hydrogen-bond donors (Lipinski definition) is 1. The quantitative estimate of drug-likeness (QED) is 0.780. The Kier molecular flexibility index (Phi) is 2.63. The van der Waals surface area contributed by atoms with Gasteiger partial charge in [-0.15, -0.1) is 0 Å². The minimum Gasteiger partial charge on any atom is -0.467 e. The minimum atomic E-state index is -0.584. The Morgan fingerprint density at radius 2 is 2.29 bits per heavy atom. The van der Waals surface area contributed by atoms with Gasteiger partial charge in [0.1, 0.15) is 5.75 Å². The zero-order valence-corrected chi connectivity index (χ0v) is 8.54. The van der Waals surface area contributed by atoms with Crippen LogP contribution in [0.1, 0.15) is 24.2 Å². The van der Waals surface area contributed by atoms with Crippen LogP contribution in [0.2, 0.25) is 5.02 Å². The van der Waals surface area contributed by atoms with Crippen molar-refractivity contribution >= 4 is 11.6 Å². The summed E-state index contributed by atoms with van der Waals surface area (Å²) in [6.07, 6.45) is -0.584. The number of aliphatic hydroxyl groups excluding tert-OH is 1. The highest BCUT2D eigenvalue weighted by atomic mass is 35.5. The summed E-state index contributed by atoms with van der Waals surface area (Å²) in [5, 5.41) is 9.98. The lowest BCUT2D eigenvalue weighted by molar-refractivity contribution is -0.0165. The first kappa shape index (κ1) is 9.77. The lowest BCUT2D eigenvalue weighted by atomic mass is 10.1. The second kappa shape index (κ2) is 3.77. The maximum absolute atomic E-state index is 9.43. The smallest absolute Gasteiger partial charge is 0.189 e. The molecule has 14 heavy (non-hydrogen) atoms. The zero-order chi connectivity index (χ0) is 10.1. The molecule has 4 heteroatoms. The molecule has 1 aliphatic rings. The fourth-order valence-electron chi connectivity index (χ4n) is 1.43. The van der Waals surface area contributed by atoms with Crippen molar-refractivity contribution < 1.29 is 14.6 Å². The summed E-state index contributed by atoms with van der Waals surface area (Å²) in [6.45, 7) is 2.44. The van der Waals surface area contributed by atoms with E-state index in [9.17, 15) is 5.11 Å². The minimum absolute atomic E-state index is 0.258. The molecule has 0 aliphatic carbocycles. The van der Waals surface area contributed by atoms with Crippen LogP contribution >= 0.6 is 11.6 Å². The Bertz CT molecular complexity index is 349. The zero-order valence-electron chi connectivity index (χ0n) is 7.79. The van der Waals surface area contributed by atoms with Crippen molar-refractivity contribution in [3.8, 4) is 5.75 Å². The molecule has 1 atom stereocenters. The van der Waals surface area contributed by atoms with E-state index in [1.165, 1.54) is 0 Å². The summed E-state index contributed by atoms with van der Waals surface area (Å²) in [7, 11) is 0. The van der Waals surface area contributed by atoms with Gasteiger partial charge in [-0.2, -0.15) is 0 Å². The molecule has 3 nitrogen and oxygen atoms in total. The highest BCUT2D eigenvalue weighted by molar-refractivity contribution is 6.31. The van der Waals surface area contributed by atoms with E-state index in [1.807, 2.05) is 0 Å². The average Bonchev–Trinajstić information content (AvgIpc) is 2.16. The maximum Gasteiger partial charge on any atom is 0.189 e. The predicted octanol–water partition coefficient (Wildman–Crippen LogP) is 2.26. The number of ether oxygens (including phenoxy) is 2. The Morgan fingerprint density at radius 1 is 1.50 bits per heavy atom. The van der Waals surface area contributed by atoms with Crippen LogP contribution in [0.3, 0.4) is 0 Å². The Balaban J connectivity index is 2.45. The maximum atomic E-state index is 9.43. The number of fused-ring (bicyclic) bond motifs is 1. The lowest BCUT2D eigenvalue weighted by Gasteiger charge is -2.20. The van der Waals surface area contributed by atoms with E-state index in [0.29, 0.717) is 17.2 Å². The van der Waals surface area contributed by atoms with E-state index in [-0.39, 0.29) is 6.79 Å². The molecule has 0 fully saturated rings. The number of benzene rings is 1. The van der Waals surface area contributed by atoms with Gasteiger partial charge >= 0.3 is 0 Å². The third-order valence-corrected chi connectivity index (χ3v) is 2.51. The molecule has 0 spiro atoms. The normalized spacial score (nSPS) is 17.1. The largest absolute Gasteiger partial charge is 0.467 e. The van der Waals surface area contributed by atoms with Crippen LogP contribution < -0.4 is 4.74 Å². The standard InChI is InChI=1S/C10H11ClO3/c1-6(12)8-3-10-7(2-9(8)11)4-13-5-14-10/h2-3,6,12H,4-5H2,1H3. The van der Waals surface area contributed by atoms with Gasteiger partial charge in [0.15, 0.2) is 6.79 Å². The van der Waals surface area contributed by atoms with Crippen LogP contribution in [-0.4, -0.2) is 11.9 Å². The van der Waals surface area contributed by atoms with Crippen molar-refractivity contribution in [1.82, 2.24) is 0 Å². The third kappa shape index (κ3) is 1.71. The number of hydrogen-bond acceptors (Lipinski definition) is 3. The molecule has 0 saturated carbocycles. The Labute approximate surface area is 87.2 Å². The molecule has 1 aliphatic heterocycles. The van der Waals surface area contributed by atoms with Crippen molar-refractivity contribution in [2.24, 2.45) is 0 Å². The molecule has 0 bridgehead atoms. The van der Waals surface area contributed by atoms with Gasteiger partial charge in [0, 0.05) is 16.1 Å². The van der Waals surface area contributed by atoms with E-state index >= 15 is 0 Å². The number of halogens is 1. The topological polar surface area (TPSA) is 38.7 Å². The van der Waals surface area contributed by atoms with Gasteiger partial charge in [-0.3, -0.25) is 0 Å². The highest BCUT2D eigenvalue weighted by Gasteiger charge is 2.15. The molecule has 0 saturated heterocycles. The second-order valence-electron chi connectivity index (χ2n) is 3.27. The molecular weight excluding hydrogens is 204 g/mol. The van der Waals surface area contributed by atoms with Gasteiger partial charge in [-0.05, 0) is 19.1 Å². The summed E-state index contributed by atoms with van der Waals surface area (Å²) in [5.74, 6) is 0.747. The fraction of sp³-hybridized carbons (Fsp3) is 0.400. The number of rotatable bonds is 1. The van der Waals surface area contributed by atoms with Crippen molar-refractivity contribution in [3.05, 3.63) is 28.3 Å². The summed E-state index contributed by atoms with van der Waals surface area (Å²) in [5.41, 5.74) is 1.61. The molecule has 76 valence electrons. The van der Waals surface area contributed by atoms with Gasteiger partial charge < -0.3 is 14.6 Å². The molecule has 1 N–H and O–H groups in total. The molecule has 0 amide bonds. The molecule has 1 aromatic rings. The van der Waals surface area contributed by atoms with Crippen LogP contribution in [0.4, 0.5) is 0 Å². The van der Waals surface area contributed by atoms with E-state index in [0.717, 1.165) is 11.3 Å². The average molecular weight is 215 g/mol. The van der Waals surface area contributed by atoms with E-state index in [2.05, 4.69) is 0 Å². The van der Waals surface area contributed by atoms with Gasteiger partial charge in [0.2, 0.25) is 0 Å². The number of aliphatic hydroxyl groups is 1. The van der Waals surface area contributed by atoms with E-state index in [4.69, 9.17) is 21.1 Å².